The average molecular weight is 245 g/mol. The number of likely N-dealkylation sites (N-methyl/N-ethyl adjacent to an activating group) is 1. The summed E-state index contributed by atoms with van der Waals surface area (Å²) in [5, 5.41) is 19.6. The van der Waals surface area contributed by atoms with E-state index < -0.39 is 10.3 Å². The molecule has 1 heterocycles. The molecule has 92 valence electrons. The number of non-ortho nitro benzene ring substituents is 1. The van der Waals surface area contributed by atoms with Gasteiger partial charge in [0.1, 0.15) is 0 Å². The second-order valence-corrected chi connectivity index (χ2v) is 4.49. The Morgan fingerprint density at radius 2 is 2.22 bits per heavy atom. The van der Waals surface area contributed by atoms with Gasteiger partial charge in [0, 0.05) is 19.2 Å². The van der Waals surface area contributed by atoms with Gasteiger partial charge in [-0.25, -0.2) is 0 Å². The summed E-state index contributed by atoms with van der Waals surface area (Å²) in [5.41, 5.74) is 0.206. The van der Waals surface area contributed by atoms with E-state index in [4.69, 9.17) is 5.26 Å². The SMILES string of the molecule is CN1C(=O)C(C)(CC#N)c2ccc([N+](=O)[O-])cc21. The summed E-state index contributed by atoms with van der Waals surface area (Å²) in [5.74, 6) is -0.209. The van der Waals surface area contributed by atoms with Gasteiger partial charge in [-0.1, -0.05) is 0 Å². The van der Waals surface area contributed by atoms with Crippen molar-refractivity contribution in [1.29, 1.82) is 5.26 Å². The van der Waals surface area contributed by atoms with E-state index in [1.807, 2.05) is 6.07 Å². The lowest BCUT2D eigenvalue weighted by Gasteiger charge is -2.19. The van der Waals surface area contributed by atoms with Gasteiger partial charge in [-0.2, -0.15) is 5.26 Å². The molecule has 2 rings (SSSR count). The van der Waals surface area contributed by atoms with Crippen LogP contribution in [0.5, 0.6) is 0 Å². The van der Waals surface area contributed by atoms with Gasteiger partial charge in [-0.15, -0.1) is 0 Å². The monoisotopic (exact) mass is 245 g/mol. The van der Waals surface area contributed by atoms with Crippen molar-refractivity contribution in [2.24, 2.45) is 0 Å². The minimum absolute atomic E-state index is 0.0565. The van der Waals surface area contributed by atoms with Crippen LogP contribution in [0, 0.1) is 21.4 Å². The number of nitro benzene ring substituents is 1. The van der Waals surface area contributed by atoms with Crippen molar-refractivity contribution in [3.8, 4) is 6.07 Å². The van der Waals surface area contributed by atoms with E-state index in [9.17, 15) is 14.9 Å². The van der Waals surface area contributed by atoms with E-state index >= 15 is 0 Å². The van der Waals surface area contributed by atoms with Gasteiger partial charge < -0.3 is 4.90 Å². The lowest BCUT2D eigenvalue weighted by molar-refractivity contribution is -0.384. The quantitative estimate of drug-likeness (QED) is 0.586. The van der Waals surface area contributed by atoms with Crippen molar-refractivity contribution in [3.63, 3.8) is 0 Å². The number of nitro groups is 1. The fourth-order valence-corrected chi connectivity index (χ4v) is 2.30. The van der Waals surface area contributed by atoms with Crippen LogP contribution < -0.4 is 4.90 Å². The molecule has 0 bridgehead atoms. The van der Waals surface area contributed by atoms with Crippen molar-refractivity contribution in [2.75, 3.05) is 11.9 Å². The van der Waals surface area contributed by atoms with Gasteiger partial charge in [0.25, 0.3) is 5.69 Å². The van der Waals surface area contributed by atoms with Gasteiger partial charge >= 0.3 is 0 Å². The Kier molecular flexibility index (Phi) is 2.55. The summed E-state index contributed by atoms with van der Waals surface area (Å²) in [7, 11) is 1.56. The molecule has 0 radical (unpaired) electrons. The third-order valence-corrected chi connectivity index (χ3v) is 3.36. The molecule has 1 aromatic carbocycles. The predicted octanol–water partition coefficient (Wildman–Crippen LogP) is 1.74. The molecular weight excluding hydrogens is 234 g/mol. The Balaban J connectivity index is 2.62. The van der Waals surface area contributed by atoms with Gasteiger partial charge in [0.05, 0.1) is 28.5 Å². The highest BCUT2D eigenvalue weighted by Crippen LogP contribution is 2.44. The van der Waals surface area contributed by atoms with Crippen molar-refractivity contribution in [2.45, 2.75) is 18.8 Å². The summed E-state index contributed by atoms with van der Waals surface area (Å²) in [6.07, 6.45) is 0.0565. The Morgan fingerprint density at radius 3 is 2.78 bits per heavy atom. The molecule has 1 unspecified atom stereocenters. The molecule has 0 aliphatic carbocycles. The van der Waals surface area contributed by atoms with Crippen LogP contribution in [0.1, 0.15) is 18.9 Å². The maximum atomic E-state index is 12.2. The normalized spacial score (nSPS) is 21.6. The van der Waals surface area contributed by atoms with E-state index in [2.05, 4.69) is 0 Å². The minimum Gasteiger partial charge on any atom is -0.314 e. The van der Waals surface area contributed by atoms with Crippen molar-refractivity contribution in [1.82, 2.24) is 0 Å². The van der Waals surface area contributed by atoms with Gasteiger partial charge in [-0.05, 0) is 18.6 Å². The number of benzene rings is 1. The molecule has 0 spiro atoms. The molecule has 0 aromatic heterocycles. The van der Waals surface area contributed by atoms with Crippen molar-refractivity contribution in [3.05, 3.63) is 33.9 Å². The number of amides is 1. The molecule has 1 aliphatic heterocycles. The lowest BCUT2D eigenvalue weighted by Crippen LogP contribution is -2.35. The van der Waals surface area contributed by atoms with E-state index in [-0.39, 0.29) is 18.0 Å². The highest BCUT2D eigenvalue weighted by atomic mass is 16.6. The van der Waals surface area contributed by atoms with E-state index in [1.165, 1.54) is 17.0 Å². The number of hydrogen-bond donors (Lipinski definition) is 0. The fraction of sp³-hybridized carbons (Fsp3) is 0.333. The molecule has 0 N–H and O–H groups in total. The average Bonchev–Trinajstić information content (AvgIpc) is 2.52. The molecule has 1 aliphatic rings. The highest BCUT2D eigenvalue weighted by Gasteiger charge is 2.46. The molecule has 18 heavy (non-hydrogen) atoms. The molecule has 0 saturated carbocycles. The number of carbonyl (C=O) groups is 1. The molecule has 1 aromatic rings. The summed E-state index contributed by atoms with van der Waals surface area (Å²) in [4.78, 5) is 23.8. The molecule has 1 atom stereocenters. The summed E-state index contributed by atoms with van der Waals surface area (Å²) in [6.45, 7) is 1.69. The first kappa shape index (κ1) is 12.0. The largest absolute Gasteiger partial charge is 0.314 e. The summed E-state index contributed by atoms with van der Waals surface area (Å²) < 4.78 is 0. The Labute approximate surface area is 104 Å². The van der Waals surface area contributed by atoms with Gasteiger partial charge in [0.15, 0.2) is 0 Å². The highest BCUT2D eigenvalue weighted by molar-refractivity contribution is 6.07. The first-order valence-electron chi connectivity index (χ1n) is 5.36. The Morgan fingerprint density at radius 1 is 1.56 bits per heavy atom. The maximum Gasteiger partial charge on any atom is 0.271 e. The van der Waals surface area contributed by atoms with Crippen LogP contribution in [-0.4, -0.2) is 17.9 Å². The van der Waals surface area contributed by atoms with E-state index in [0.717, 1.165) is 0 Å². The number of carbonyl (C=O) groups excluding carboxylic acids is 1. The second-order valence-electron chi connectivity index (χ2n) is 4.49. The molecule has 0 fully saturated rings. The third-order valence-electron chi connectivity index (χ3n) is 3.36. The number of fused-ring (bicyclic) bond motifs is 1. The van der Waals surface area contributed by atoms with E-state index in [0.29, 0.717) is 11.3 Å². The maximum absolute atomic E-state index is 12.2. The fourth-order valence-electron chi connectivity index (χ4n) is 2.30. The molecular formula is C12H11N3O3. The number of rotatable bonds is 2. The number of hydrogen-bond acceptors (Lipinski definition) is 4. The molecule has 6 heteroatoms. The predicted molar refractivity (Wildman–Crippen MR) is 64.1 cm³/mol. The van der Waals surface area contributed by atoms with Crippen LogP contribution in [0.3, 0.4) is 0 Å². The Hall–Kier alpha value is -2.42. The zero-order chi connectivity index (χ0) is 13.5. The van der Waals surface area contributed by atoms with E-state index in [1.54, 1.807) is 20.0 Å². The van der Waals surface area contributed by atoms with Crippen LogP contribution in [0.15, 0.2) is 18.2 Å². The standard InChI is InChI=1S/C12H11N3O3/c1-12(5-6-13)9-4-3-8(15(17)18)7-10(9)14(2)11(12)16/h3-4,7H,5H2,1-2H3. The van der Waals surface area contributed by atoms with Crippen LogP contribution in [0.25, 0.3) is 0 Å². The van der Waals surface area contributed by atoms with Gasteiger partial charge in [0.2, 0.25) is 5.91 Å². The summed E-state index contributed by atoms with van der Waals surface area (Å²) >= 11 is 0. The van der Waals surface area contributed by atoms with Crippen molar-refractivity contribution >= 4 is 17.3 Å². The van der Waals surface area contributed by atoms with Crippen LogP contribution in [0.2, 0.25) is 0 Å². The Bertz CT molecular complexity index is 591. The van der Waals surface area contributed by atoms with Crippen LogP contribution >= 0.6 is 0 Å². The first-order valence-corrected chi connectivity index (χ1v) is 5.36. The molecule has 6 nitrogen and oxygen atoms in total. The number of nitrogens with zero attached hydrogens (tertiary/aromatic N) is 3. The third kappa shape index (κ3) is 1.44. The van der Waals surface area contributed by atoms with Crippen LogP contribution in [0.4, 0.5) is 11.4 Å². The smallest absolute Gasteiger partial charge is 0.271 e. The van der Waals surface area contributed by atoms with Crippen molar-refractivity contribution < 1.29 is 9.72 Å². The summed E-state index contributed by atoms with van der Waals surface area (Å²) in [6, 6.07) is 6.29. The lowest BCUT2D eigenvalue weighted by atomic mass is 9.81. The second kappa shape index (κ2) is 3.81. The number of nitriles is 1. The molecule has 1 amide bonds. The molecule has 0 saturated heterocycles. The number of anilines is 1. The van der Waals surface area contributed by atoms with Gasteiger partial charge in [-0.3, -0.25) is 14.9 Å². The zero-order valence-electron chi connectivity index (χ0n) is 10.0. The topological polar surface area (TPSA) is 87.2 Å². The minimum atomic E-state index is -0.909. The zero-order valence-corrected chi connectivity index (χ0v) is 10.0. The first-order chi connectivity index (χ1) is 8.41. The van der Waals surface area contributed by atoms with Crippen LogP contribution in [-0.2, 0) is 10.2 Å².